The Morgan fingerprint density at radius 2 is 2.07 bits per heavy atom. The standard InChI is InChI=1S/C12H12FN/c13-10-5-6-12-11(9-3-4-9)2-1-7-14(12)8-10/h1-2,5-6,8-9H,3-4,7H2. The molecule has 2 heteroatoms. The molecular weight excluding hydrogens is 177 g/mol. The first-order valence-electron chi connectivity index (χ1n) is 5.07. The van der Waals surface area contributed by atoms with E-state index in [1.54, 1.807) is 12.3 Å². The lowest BCUT2D eigenvalue weighted by molar-refractivity contribution is 0.484. The molecule has 2 aliphatic heterocycles. The van der Waals surface area contributed by atoms with E-state index < -0.39 is 0 Å². The van der Waals surface area contributed by atoms with Gasteiger partial charge in [-0.25, -0.2) is 4.39 Å². The number of hydrogen-bond acceptors (Lipinski definition) is 1. The van der Waals surface area contributed by atoms with Crippen LogP contribution in [0.25, 0.3) is 0 Å². The monoisotopic (exact) mass is 189 g/mol. The van der Waals surface area contributed by atoms with Gasteiger partial charge in [-0.1, -0.05) is 12.2 Å². The lowest BCUT2D eigenvalue weighted by atomic mass is 10.0. The second kappa shape index (κ2) is 2.84. The summed E-state index contributed by atoms with van der Waals surface area (Å²) in [5.41, 5.74) is 2.58. The van der Waals surface area contributed by atoms with Crippen LogP contribution in [0.5, 0.6) is 0 Å². The van der Waals surface area contributed by atoms with Crippen molar-refractivity contribution < 1.29 is 4.39 Å². The van der Waals surface area contributed by atoms with Crippen molar-refractivity contribution in [1.82, 2.24) is 4.90 Å². The molecular formula is C12H12FN. The minimum atomic E-state index is -0.154. The van der Waals surface area contributed by atoms with Gasteiger partial charge in [0.25, 0.3) is 0 Å². The van der Waals surface area contributed by atoms with Crippen molar-refractivity contribution in [3.8, 4) is 0 Å². The van der Waals surface area contributed by atoms with Crippen LogP contribution in [0.2, 0.25) is 0 Å². The van der Waals surface area contributed by atoms with E-state index in [4.69, 9.17) is 0 Å². The molecule has 0 saturated heterocycles. The van der Waals surface area contributed by atoms with E-state index in [2.05, 4.69) is 12.2 Å². The Labute approximate surface area is 82.9 Å². The Morgan fingerprint density at radius 3 is 2.86 bits per heavy atom. The van der Waals surface area contributed by atoms with Gasteiger partial charge in [-0.15, -0.1) is 0 Å². The smallest absolute Gasteiger partial charge is 0.139 e. The zero-order valence-corrected chi connectivity index (χ0v) is 7.91. The van der Waals surface area contributed by atoms with Gasteiger partial charge in [0.2, 0.25) is 0 Å². The van der Waals surface area contributed by atoms with Gasteiger partial charge in [-0.3, -0.25) is 0 Å². The van der Waals surface area contributed by atoms with E-state index in [9.17, 15) is 4.39 Å². The van der Waals surface area contributed by atoms with Crippen LogP contribution in [0.3, 0.4) is 0 Å². The van der Waals surface area contributed by atoms with Gasteiger partial charge in [0.15, 0.2) is 0 Å². The van der Waals surface area contributed by atoms with Crippen LogP contribution in [-0.2, 0) is 0 Å². The maximum atomic E-state index is 13.0. The van der Waals surface area contributed by atoms with E-state index in [0.717, 1.165) is 12.5 Å². The van der Waals surface area contributed by atoms with E-state index in [0.29, 0.717) is 0 Å². The molecule has 1 aliphatic carbocycles. The zero-order chi connectivity index (χ0) is 9.54. The molecule has 1 fully saturated rings. The number of nitrogens with zero attached hydrogens (tertiary/aromatic N) is 1. The van der Waals surface area contributed by atoms with Crippen molar-refractivity contribution in [1.29, 1.82) is 0 Å². The predicted octanol–water partition coefficient (Wildman–Crippen LogP) is 2.90. The summed E-state index contributed by atoms with van der Waals surface area (Å²) in [5, 5.41) is 0. The molecule has 72 valence electrons. The fourth-order valence-electron chi connectivity index (χ4n) is 2.05. The first-order valence-corrected chi connectivity index (χ1v) is 5.07. The molecule has 2 heterocycles. The van der Waals surface area contributed by atoms with Gasteiger partial charge in [0, 0.05) is 18.4 Å². The lowest BCUT2D eigenvalue weighted by Crippen LogP contribution is -2.22. The molecule has 1 saturated carbocycles. The quantitative estimate of drug-likeness (QED) is 0.613. The molecule has 0 aromatic carbocycles. The molecule has 0 N–H and O–H groups in total. The van der Waals surface area contributed by atoms with Gasteiger partial charge in [-0.2, -0.15) is 0 Å². The maximum Gasteiger partial charge on any atom is 0.139 e. The normalized spacial score (nSPS) is 25.2. The fourth-order valence-corrected chi connectivity index (χ4v) is 2.05. The van der Waals surface area contributed by atoms with Gasteiger partial charge in [0.1, 0.15) is 5.83 Å². The van der Waals surface area contributed by atoms with E-state index in [1.165, 1.54) is 24.1 Å². The Hall–Kier alpha value is -1.31. The highest BCUT2D eigenvalue weighted by Crippen LogP contribution is 2.41. The average Bonchev–Trinajstić information content (AvgIpc) is 2.99. The van der Waals surface area contributed by atoms with Crippen LogP contribution < -0.4 is 0 Å². The van der Waals surface area contributed by atoms with Crippen molar-refractivity contribution >= 4 is 0 Å². The third-order valence-electron chi connectivity index (χ3n) is 2.90. The van der Waals surface area contributed by atoms with Crippen LogP contribution in [-0.4, -0.2) is 11.4 Å². The molecule has 0 bridgehead atoms. The first-order chi connectivity index (χ1) is 6.84. The van der Waals surface area contributed by atoms with Crippen molar-refractivity contribution in [2.45, 2.75) is 12.8 Å². The van der Waals surface area contributed by atoms with Gasteiger partial charge >= 0.3 is 0 Å². The highest BCUT2D eigenvalue weighted by atomic mass is 19.1. The number of fused-ring (bicyclic) bond motifs is 1. The summed E-state index contributed by atoms with van der Waals surface area (Å²) in [6.07, 6.45) is 11.9. The molecule has 0 amide bonds. The summed E-state index contributed by atoms with van der Waals surface area (Å²) in [4.78, 5) is 1.99. The summed E-state index contributed by atoms with van der Waals surface area (Å²) < 4.78 is 13.0. The summed E-state index contributed by atoms with van der Waals surface area (Å²) in [5.74, 6) is 0.572. The van der Waals surface area contributed by atoms with Gasteiger partial charge in [-0.05, 0) is 36.5 Å². The largest absolute Gasteiger partial charge is 0.341 e. The van der Waals surface area contributed by atoms with Crippen LogP contribution in [0.15, 0.2) is 47.6 Å². The molecule has 14 heavy (non-hydrogen) atoms. The minimum absolute atomic E-state index is 0.154. The molecule has 0 spiro atoms. The molecule has 0 unspecified atom stereocenters. The summed E-state index contributed by atoms with van der Waals surface area (Å²) in [6, 6.07) is 0. The van der Waals surface area contributed by atoms with Crippen LogP contribution >= 0.6 is 0 Å². The van der Waals surface area contributed by atoms with Crippen molar-refractivity contribution in [2.75, 3.05) is 6.54 Å². The molecule has 3 rings (SSSR count). The Bertz CT molecular complexity index is 383. The first kappa shape index (κ1) is 8.04. The zero-order valence-electron chi connectivity index (χ0n) is 7.91. The summed E-state index contributed by atoms with van der Waals surface area (Å²) in [7, 11) is 0. The fraction of sp³-hybridized carbons (Fsp3) is 0.333. The SMILES string of the molecule is FC1=CN2CC=CC(C3CC3)=C2C=C1. The van der Waals surface area contributed by atoms with Crippen LogP contribution in [0.4, 0.5) is 4.39 Å². The van der Waals surface area contributed by atoms with Crippen molar-refractivity contribution in [3.63, 3.8) is 0 Å². The lowest BCUT2D eigenvalue weighted by Gasteiger charge is -2.28. The van der Waals surface area contributed by atoms with E-state index >= 15 is 0 Å². The van der Waals surface area contributed by atoms with Crippen molar-refractivity contribution in [3.05, 3.63) is 47.6 Å². The Morgan fingerprint density at radius 1 is 1.21 bits per heavy atom. The molecule has 0 aromatic heterocycles. The second-order valence-electron chi connectivity index (χ2n) is 4.02. The third-order valence-corrected chi connectivity index (χ3v) is 2.90. The predicted molar refractivity (Wildman–Crippen MR) is 53.9 cm³/mol. The highest BCUT2D eigenvalue weighted by molar-refractivity contribution is 5.43. The summed E-state index contributed by atoms with van der Waals surface area (Å²) >= 11 is 0. The highest BCUT2D eigenvalue weighted by Gasteiger charge is 2.29. The average molecular weight is 189 g/mol. The van der Waals surface area contributed by atoms with Gasteiger partial charge < -0.3 is 4.90 Å². The third kappa shape index (κ3) is 1.22. The van der Waals surface area contributed by atoms with Gasteiger partial charge in [0.05, 0.1) is 0 Å². The minimum Gasteiger partial charge on any atom is -0.341 e. The molecule has 0 atom stereocenters. The summed E-state index contributed by atoms with van der Waals surface area (Å²) in [6.45, 7) is 0.795. The number of hydrogen-bond donors (Lipinski definition) is 0. The molecule has 1 nitrogen and oxygen atoms in total. The number of rotatable bonds is 1. The van der Waals surface area contributed by atoms with E-state index in [-0.39, 0.29) is 5.83 Å². The van der Waals surface area contributed by atoms with E-state index in [1.807, 2.05) is 11.0 Å². The Kier molecular flexibility index (Phi) is 1.63. The van der Waals surface area contributed by atoms with Crippen LogP contribution in [0.1, 0.15) is 12.8 Å². The number of allylic oxidation sites excluding steroid dienone is 5. The molecule has 3 aliphatic rings. The maximum absolute atomic E-state index is 13.0. The second-order valence-corrected chi connectivity index (χ2v) is 4.02. The molecule has 0 aromatic rings. The molecule has 0 radical (unpaired) electrons. The number of halogens is 1. The topological polar surface area (TPSA) is 3.24 Å². The Balaban J connectivity index is 2.02. The van der Waals surface area contributed by atoms with Crippen molar-refractivity contribution in [2.24, 2.45) is 5.92 Å². The van der Waals surface area contributed by atoms with Crippen LogP contribution in [0, 0.1) is 5.92 Å².